The van der Waals surface area contributed by atoms with Gasteiger partial charge in [0.05, 0.1) is 0 Å². The number of carbonyl (C=O) groups excluding carboxylic acids is 2. The van der Waals surface area contributed by atoms with Crippen molar-refractivity contribution < 1.29 is 19.1 Å². The summed E-state index contributed by atoms with van der Waals surface area (Å²) in [6.07, 6.45) is -1.87. The predicted molar refractivity (Wildman–Crippen MR) is 54.6 cm³/mol. The Morgan fingerprint density at radius 1 is 0.800 bits per heavy atom. The van der Waals surface area contributed by atoms with Crippen LogP contribution in [0, 0.1) is 0 Å². The van der Waals surface area contributed by atoms with Crippen LogP contribution in [0.2, 0.25) is 0 Å². The van der Waals surface area contributed by atoms with E-state index in [0.29, 0.717) is 0 Å². The highest BCUT2D eigenvalue weighted by molar-refractivity contribution is 5.87. The molecule has 5 nitrogen and oxygen atoms in total. The van der Waals surface area contributed by atoms with E-state index in [1.165, 1.54) is 0 Å². The van der Waals surface area contributed by atoms with E-state index in [1.807, 2.05) is 0 Å². The molecule has 0 saturated carbocycles. The number of carbonyl (C=O) groups is 2. The maximum atomic E-state index is 11.1. The first-order valence-electron chi connectivity index (χ1n) is 4.67. The summed E-state index contributed by atoms with van der Waals surface area (Å²) < 4.78 is 9.63. The first-order valence-corrected chi connectivity index (χ1v) is 4.67. The van der Waals surface area contributed by atoms with Crippen LogP contribution in [-0.4, -0.2) is 23.4 Å². The molecule has 0 N–H and O–H groups in total. The molecule has 0 aliphatic carbocycles. The molecule has 2 amide bonds. The molecule has 0 aliphatic rings. The molecule has 0 heterocycles. The lowest BCUT2D eigenvalue weighted by molar-refractivity contribution is 0.0343. The van der Waals surface area contributed by atoms with Crippen molar-refractivity contribution in [2.24, 2.45) is 0 Å². The average molecular weight is 216 g/mol. The topological polar surface area (TPSA) is 66.7 Å². The van der Waals surface area contributed by atoms with E-state index < -0.39 is 23.4 Å². The normalized spacial score (nSPS) is 11.9. The van der Waals surface area contributed by atoms with Gasteiger partial charge in [0.2, 0.25) is 0 Å². The van der Waals surface area contributed by atoms with Gasteiger partial charge in [0.1, 0.15) is 11.2 Å². The van der Waals surface area contributed by atoms with Gasteiger partial charge in [-0.1, -0.05) is 5.32 Å². The van der Waals surface area contributed by atoms with Crippen LogP contribution in [0.3, 0.4) is 0 Å². The zero-order valence-electron chi connectivity index (χ0n) is 10.1. The third-order valence-electron chi connectivity index (χ3n) is 0.970. The van der Waals surface area contributed by atoms with Crippen molar-refractivity contribution in [3.63, 3.8) is 0 Å². The van der Waals surface area contributed by atoms with Crippen molar-refractivity contribution in [1.29, 1.82) is 0 Å². The lowest BCUT2D eigenvalue weighted by Gasteiger charge is -2.20. The van der Waals surface area contributed by atoms with Crippen LogP contribution in [0.1, 0.15) is 41.5 Å². The van der Waals surface area contributed by atoms with Crippen molar-refractivity contribution in [2.45, 2.75) is 52.7 Å². The van der Waals surface area contributed by atoms with Gasteiger partial charge < -0.3 is 9.47 Å². The fraction of sp³-hybridized carbons (Fsp3) is 0.800. The first-order chi connectivity index (χ1) is 6.49. The van der Waals surface area contributed by atoms with Gasteiger partial charge >= 0.3 is 12.2 Å². The van der Waals surface area contributed by atoms with Gasteiger partial charge in [-0.3, -0.25) is 0 Å². The van der Waals surface area contributed by atoms with Crippen molar-refractivity contribution >= 4 is 12.2 Å². The molecule has 0 bridgehead atoms. The van der Waals surface area contributed by atoms with Crippen molar-refractivity contribution in [1.82, 2.24) is 5.32 Å². The van der Waals surface area contributed by atoms with Crippen molar-refractivity contribution in [3.05, 3.63) is 0 Å². The van der Waals surface area contributed by atoms with Crippen LogP contribution in [-0.2, 0) is 9.47 Å². The number of imide groups is 1. The van der Waals surface area contributed by atoms with Crippen molar-refractivity contribution in [3.8, 4) is 0 Å². The average Bonchev–Trinajstić information content (AvgIpc) is 1.73. The molecule has 0 rings (SSSR count). The van der Waals surface area contributed by atoms with E-state index in [9.17, 15) is 9.59 Å². The van der Waals surface area contributed by atoms with Gasteiger partial charge in [-0.15, -0.1) is 0 Å². The minimum Gasteiger partial charge on any atom is -0.442 e. The largest absolute Gasteiger partial charge is 0.442 e. The molecule has 0 aromatic carbocycles. The third-order valence-corrected chi connectivity index (χ3v) is 0.970. The standard InChI is InChI=1S/C10H18NO4/c1-9(2,3)14-7(12)11-8(13)15-10(4,5)6/h1-6H3. The Labute approximate surface area is 90.1 Å². The van der Waals surface area contributed by atoms with Crippen LogP contribution in [0.15, 0.2) is 0 Å². The van der Waals surface area contributed by atoms with Gasteiger partial charge in [-0.2, -0.15) is 0 Å². The number of ether oxygens (including phenoxy) is 2. The second-order valence-corrected chi connectivity index (χ2v) is 5.07. The van der Waals surface area contributed by atoms with Gasteiger partial charge in [0.15, 0.2) is 0 Å². The van der Waals surface area contributed by atoms with Gasteiger partial charge in [0.25, 0.3) is 0 Å². The summed E-state index contributed by atoms with van der Waals surface area (Å²) in [6.45, 7) is 10.1. The summed E-state index contributed by atoms with van der Waals surface area (Å²) in [4.78, 5) is 22.1. The van der Waals surface area contributed by atoms with E-state index in [1.54, 1.807) is 41.5 Å². The summed E-state index contributed by atoms with van der Waals surface area (Å²) in [6, 6.07) is 0. The maximum absolute atomic E-state index is 11.1. The summed E-state index contributed by atoms with van der Waals surface area (Å²) in [5, 5.41) is 3.13. The molecule has 87 valence electrons. The Bertz CT molecular complexity index is 221. The van der Waals surface area contributed by atoms with Crippen molar-refractivity contribution in [2.75, 3.05) is 0 Å². The highest BCUT2D eigenvalue weighted by atomic mass is 16.6. The quantitative estimate of drug-likeness (QED) is 0.623. The second kappa shape index (κ2) is 4.51. The third kappa shape index (κ3) is 9.05. The maximum Gasteiger partial charge on any atom is 0.440 e. The highest BCUT2D eigenvalue weighted by Gasteiger charge is 2.23. The lowest BCUT2D eigenvalue weighted by Crippen LogP contribution is -2.35. The monoisotopic (exact) mass is 216 g/mol. The molecular weight excluding hydrogens is 198 g/mol. The predicted octanol–water partition coefficient (Wildman–Crippen LogP) is 2.46. The molecule has 0 aliphatic heterocycles. The van der Waals surface area contributed by atoms with Crippen LogP contribution in [0.4, 0.5) is 9.59 Å². The molecule has 0 fully saturated rings. The van der Waals surface area contributed by atoms with Crippen LogP contribution >= 0.6 is 0 Å². The summed E-state index contributed by atoms with van der Waals surface area (Å²) in [5.74, 6) is 0. The lowest BCUT2D eigenvalue weighted by atomic mass is 10.2. The minimum absolute atomic E-state index is 0.664. The Kier molecular flexibility index (Phi) is 4.13. The zero-order chi connectivity index (χ0) is 12.3. The highest BCUT2D eigenvalue weighted by Crippen LogP contribution is 2.09. The molecule has 1 radical (unpaired) electrons. The molecule has 5 heteroatoms. The zero-order valence-corrected chi connectivity index (χ0v) is 10.1. The number of amides is 2. The van der Waals surface area contributed by atoms with E-state index in [-0.39, 0.29) is 0 Å². The van der Waals surface area contributed by atoms with E-state index in [2.05, 4.69) is 5.32 Å². The molecule has 0 unspecified atom stereocenters. The van der Waals surface area contributed by atoms with Crippen LogP contribution < -0.4 is 5.32 Å². The Morgan fingerprint density at radius 3 is 1.27 bits per heavy atom. The van der Waals surface area contributed by atoms with Crippen LogP contribution in [0.5, 0.6) is 0 Å². The fourth-order valence-electron chi connectivity index (χ4n) is 0.644. The van der Waals surface area contributed by atoms with E-state index in [0.717, 1.165) is 0 Å². The van der Waals surface area contributed by atoms with Gasteiger partial charge in [-0.05, 0) is 41.5 Å². The summed E-state index contributed by atoms with van der Waals surface area (Å²) in [5.41, 5.74) is -1.33. The summed E-state index contributed by atoms with van der Waals surface area (Å²) in [7, 11) is 0. The number of hydrogen-bond acceptors (Lipinski definition) is 4. The van der Waals surface area contributed by atoms with Gasteiger partial charge in [0, 0.05) is 0 Å². The smallest absolute Gasteiger partial charge is 0.440 e. The second-order valence-electron chi connectivity index (χ2n) is 5.07. The number of hydrogen-bond donors (Lipinski definition) is 0. The Balaban J connectivity index is 4.04. The van der Waals surface area contributed by atoms with E-state index in [4.69, 9.17) is 9.47 Å². The van der Waals surface area contributed by atoms with E-state index >= 15 is 0 Å². The summed E-state index contributed by atoms with van der Waals surface area (Å²) >= 11 is 0. The molecule has 0 spiro atoms. The molecular formula is C10H18NO4. The molecule has 0 saturated heterocycles. The Hall–Kier alpha value is -1.26. The minimum atomic E-state index is -0.934. The molecule has 0 aromatic rings. The SMILES string of the molecule is CC(C)(C)OC(=O)[N]C(=O)OC(C)(C)C. The number of rotatable bonds is 0. The Morgan fingerprint density at radius 2 is 1.07 bits per heavy atom. The first kappa shape index (κ1) is 13.7. The number of nitrogens with zero attached hydrogens (tertiary/aromatic N) is 1. The molecule has 0 atom stereocenters. The fourth-order valence-corrected chi connectivity index (χ4v) is 0.644. The van der Waals surface area contributed by atoms with Gasteiger partial charge in [-0.25, -0.2) is 9.59 Å². The molecule has 0 aromatic heterocycles. The van der Waals surface area contributed by atoms with Crippen LogP contribution in [0.25, 0.3) is 0 Å². The molecule has 15 heavy (non-hydrogen) atoms.